The van der Waals surface area contributed by atoms with Crippen molar-refractivity contribution in [2.24, 2.45) is 0 Å². The number of anilines is 1. The summed E-state index contributed by atoms with van der Waals surface area (Å²) in [6.45, 7) is 3.99. The largest absolute Gasteiger partial charge is 1.00 e. The molecule has 0 radical (unpaired) electrons. The van der Waals surface area contributed by atoms with E-state index in [2.05, 4.69) is 21.9 Å². The molecule has 0 amide bonds. The van der Waals surface area contributed by atoms with Gasteiger partial charge in [-0.3, -0.25) is 0 Å². The number of ether oxygens (including phenoxy) is 3. The van der Waals surface area contributed by atoms with Gasteiger partial charge in [0, 0.05) is 20.3 Å². The molecule has 2 atom stereocenters. The Morgan fingerprint density at radius 2 is 1.48 bits per heavy atom. The van der Waals surface area contributed by atoms with Crippen molar-refractivity contribution in [3.8, 4) is 0 Å². The third-order valence-electron chi connectivity index (χ3n) is 7.01. The van der Waals surface area contributed by atoms with Crippen LogP contribution in [0.3, 0.4) is 0 Å². The molecule has 0 fully saturated rings. The molecule has 0 aliphatic heterocycles. The first kappa shape index (κ1) is 39.4. The van der Waals surface area contributed by atoms with Crippen molar-refractivity contribution in [2.45, 2.75) is 116 Å². The van der Waals surface area contributed by atoms with Crippen LogP contribution in [0.2, 0.25) is 0 Å². The Morgan fingerprint density at radius 1 is 0.881 bits per heavy atom. The van der Waals surface area contributed by atoms with Crippen LogP contribution in [0.15, 0.2) is 12.7 Å². The summed E-state index contributed by atoms with van der Waals surface area (Å²) in [4.78, 5) is 24.7. The van der Waals surface area contributed by atoms with Gasteiger partial charge < -0.3 is 38.5 Å². The molecule has 13 heteroatoms. The molecule has 0 saturated heterocycles. The van der Waals surface area contributed by atoms with Crippen LogP contribution in [0.5, 0.6) is 0 Å². The number of hydrogen-bond acceptors (Lipinski definition) is 10. The number of nitrogen functional groups attached to an aromatic ring is 1. The zero-order valence-electron chi connectivity index (χ0n) is 26.3. The van der Waals surface area contributed by atoms with E-state index in [1.807, 2.05) is 0 Å². The van der Waals surface area contributed by atoms with Gasteiger partial charge in [0.25, 0.3) is 0 Å². The summed E-state index contributed by atoms with van der Waals surface area (Å²) in [5, 5.41) is 0. The molecule has 11 nitrogen and oxygen atoms in total. The van der Waals surface area contributed by atoms with Crippen LogP contribution in [0.4, 0.5) is 5.82 Å². The maximum atomic E-state index is 12.3. The summed E-state index contributed by atoms with van der Waals surface area (Å²) < 4.78 is 35.6. The summed E-state index contributed by atoms with van der Waals surface area (Å²) >= 11 is 0. The van der Waals surface area contributed by atoms with Crippen LogP contribution in [0, 0.1) is 0 Å². The van der Waals surface area contributed by atoms with Gasteiger partial charge in [-0.05, 0) is 12.8 Å². The summed E-state index contributed by atoms with van der Waals surface area (Å²) in [7, 11) is -2.64. The Hall–Kier alpha value is -0.620. The van der Waals surface area contributed by atoms with Crippen LogP contribution in [-0.2, 0) is 29.8 Å². The molecule has 0 aliphatic carbocycles. The number of methoxy groups -OCH3 is 1. The second-order valence-corrected chi connectivity index (χ2v) is 12.4. The molecule has 42 heavy (non-hydrogen) atoms. The number of nitrogens with zero attached hydrogens (tertiary/aromatic N) is 4. The topological polar surface area (TPSA) is 147 Å². The van der Waals surface area contributed by atoms with Gasteiger partial charge in [-0.15, -0.1) is 0 Å². The minimum Gasteiger partial charge on any atom is -0.777 e. The molecule has 236 valence electrons. The van der Waals surface area contributed by atoms with Crippen LogP contribution >= 0.6 is 7.60 Å². The molecule has 2 aromatic rings. The van der Waals surface area contributed by atoms with Crippen LogP contribution < -0.4 is 40.2 Å². The van der Waals surface area contributed by atoms with Crippen LogP contribution in [-0.4, -0.2) is 65.5 Å². The molecule has 2 rings (SSSR count). The molecule has 2 aromatic heterocycles. The average molecular weight is 622 g/mol. The van der Waals surface area contributed by atoms with Crippen molar-refractivity contribution < 1.29 is 57.8 Å². The zero-order valence-corrected chi connectivity index (χ0v) is 29.2. The Kier molecular flexibility index (Phi) is 23.1. The minimum absolute atomic E-state index is 0. The van der Waals surface area contributed by atoms with Gasteiger partial charge in [0.05, 0.1) is 32.2 Å². The number of aromatic nitrogens is 4. The molecule has 2 N–H and O–H groups in total. The van der Waals surface area contributed by atoms with E-state index < -0.39 is 20.0 Å². The van der Waals surface area contributed by atoms with Gasteiger partial charge in [-0.25, -0.2) is 15.0 Å². The second kappa shape index (κ2) is 24.7. The SMILES string of the molecule is CCCCCCCCCCCCCCCCOCCCOP(=O)([O-])CO[C@H](COC)Cn1cnc2c(N)ncnc21.[Na+]. The Morgan fingerprint density at radius 3 is 2.10 bits per heavy atom. The predicted octanol–water partition coefficient (Wildman–Crippen LogP) is 2.86. The molecule has 0 saturated carbocycles. The molecule has 0 aromatic carbocycles. The molecule has 0 spiro atoms. The number of fused-ring (bicyclic) bond motifs is 1. The Balaban J connectivity index is 0.00000882. The summed E-state index contributed by atoms with van der Waals surface area (Å²) in [5.74, 6) is 0.277. The van der Waals surface area contributed by atoms with Crippen molar-refractivity contribution in [3.05, 3.63) is 12.7 Å². The zero-order chi connectivity index (χ0) is 29.6. The van der Waals surface area contributed by atoms with E-state index >= 15 is 0 Å². The fourth-order valence-corrected chi connectivity index (χ4v) is 5.57. The van der Waals surface area contributed by atoms with Crippen molar-refractivity contribution in [1.29, 1.82) is 0 Å². The van der Waals surface area contributed by atoms with Gasteiger partial charge in [0.2, 0.25) is 0 Å². The molecule has 1 unspecified atom stereocenters. The van der Waals surface area contributed by atoms with Crippen molar-refractivity contribution in [3.63, 3.8) is 0 Å². The number of unbranched alkanes of at least 4 members (excludes halogenated alkanes) is 13. The van der Waals surface area contributed by atoms with E-state index in [0.29, 0.717) is 30.8 Å². The molecular formula is C29H53N5NaO6P. The quantitative estimate of drug-likeness (QED) is 0.0897. The number of hydrogen-bond donors (Lipinski definition) is 1. The standard InChI is InChI=1S/C29H54N5O6P.Na/c1-3-4-5-6-7-8-9-10-11-12-13-14-15-16-18-38-19-17-20-40-41(35,36)25-39-26(22-37-2)21-34-24-33-27-28(30)31-23-32-29(27)34;/h23-24,26H,3-22,25H2,1-2H3,(H,35,36)(H2,30,31,32);/q;+1/p-1/t26-;/m0./s1. The molecule has 0 bridgehead atoms. The Bertz CT molecular complexity index is 985. The first-order chi connectivity index (χ1) is 20.0. The van der Waals surface area contributed by atoms with Gasteiger partial charge >= 0.3 is 29.6 Å². The monoisotopic (exact) mass is 621 g/mol. The van der Waals surface area contributed by atoms with Crippen molar-refractivity contribution in [2.75, 3.05) is 45.6 Å². The molecular weight excluding hydrogens is 568 g/mol. The fourth-order valence-electron chi connectivity index (χ4n) is 4.69. The van der Waals surface area contributed by atoms with Gasteiger partial charge in [-0.2, -0.15) is 0 Å². The van der Waals surface area contributed by atoms with Crippen LogP contribution in [0.25, 0.3) is 11.2 Å². The van der Waals surface area contributed by atoms with E-state index in [-0.39, 0.29) is 55.1 Å². The average Bonchev–Trinajstić information content (AvgIpc) is 3.37. The fraction of sp³-hybridized carbons (Fsp3) is 0.828. The van der Waals surface area contributed by atoms with Gasteiger partial charge in [0.1, 0.15) is 18.2 Å². The van der Waals surface area contributed by atoms with Gasteiger partial charge in [-0.1, -0.05) is 90.4 Å². The Labute approximate surface area is 274 Å². The van der Waals surface area contributed by atoms with E-state index in [1.165, 1.54) is 96.9 Å². The molecule has 0 aliphatic rings. The third kappa shape index (κ3) is 17.6. The van der Waals surface area contributed by atoms with E-state index in [9.17, 15) is 9.46 Å². The number of imidazole rings is 1. The van der Waals surface area contributed by atoms with Crippen molar-refractivity contribution in [1.82, 2.24) is 19.5 Å². The van der Waals surface area contributed by atoms with E-state index in [4.69, 9.17) is 24.5 Å². The predicted molar refractivity (Wildman–Crippen MR) is 161 cm³/mol. The number of nitrogens with two attached hydrogens (primary N) is 1. The first-order valence-corrected chi connectivity index (χ1v) is 17.2. The van der Waals surface area contributed by atoms with Crippen molar-refractivity contribution >= 4 is 24.6 Å². The maximum absolute atomic E-state index is 12.3. The molecule has 2 heterocycles. The first-order valence-electron chi connectivity index (χ1n) is 15.5. The normalized spacial score (nSPS) is 13.7. The number of rotatable bonds is 27. The second-order valence-electron chi connectivity index (χ2n) is 10.7. The third-order valence-corrected chi connectivity index (χ3v) is 8.06. The summed E-state index contributed by atoms with van der Waals surface area (Å²) in [6, 6.07) is 0. The summed E-state index contributed by atoms with van der Waals surface area (Å²) in [6.07, 6.45) is 20.9. The van der Waals surface area contributed by atoms with E-state index in [1.54, 1.807) is 10.9 Å². The van der Waals surface area contributed by atoms with Crippen LogP contribution in [0.1, 0.15) is 103 Å². The minimum atomic E-state index is -4.16. The van der Waals surface area contributed by atoms with E-state index in [0.717, 1.165) is 6.42 Å². The summed E-state index contributed by atoms with van der Waals surface area (Å²) in [5.41, 5.74) is 6.85. The smallest absolute Gasteiger partial charge is 0.777 e. The maximum Gasteiger partial charge on any atom is 1.00 e. The van der Waals surface area contributed by atoms with Gasteiger partial charge in [0.15, 0.2) is 19.1 Å².